The molecule has 1 unspecified atom stereocenters. The summed E-state index contributed by atoms with van der Waals surface area (Å²) in [6.45, 7) is 2.06. The number of rotatable bonds is 10. The van der Waals surface area contributed by atoms with Gasteiger partial charge in [-0.3, -0.25) is 9.59 Å². The largest absolute Gasteiger partial charge is 0.495 e. The predicted octanol–water partition coefficient (Wildman–Crippen LogP) is 6.30. The van der Waals surface area contributed by atoms with Crippen LogP contribution in [0.4, 0.5) is 11.4 Å². The quantitative estimate of drug-likeness (QED) is 0.357. The molecule has 6 heteroatoms. The van der Waals surface area contributed by atoms with Crippen LogP contribution in [0.5, 0.6) is 5.75 Å². The van der Waals surface area contributed by atoms with E-state index in [4.69, 9.17) is 4.74 Å². The number of carbonyl (C=O) groups is 2. The minimum atomic E-state index is -0.453. The number of nitrogens with one attached hydrogen (secondary N) is 2. The summed E-state index contributed by atoms with van der Waals surface area (Å²) in [6.07, 6.45) is 2.38. The number of hydrogen-bond donors (Lipinski definition) is 2. The number of hydrogen-bond acceptors (Lipinski definition) is 4. The monoisotopic (exact) mass is 448 g/mol. The molecule has 2 N–H and O–H groups in total. The number of benzene rings is 3. The summed E-state index contributed by atoms with van der Waals surface area (Å²) in [5, 5.41) is 5.46. The lowest BCUT2D eigenvalue weighted by Gasteiger charge is -2.18. The van der Waals surface area contributed by atoms with E-state index in [1.165, 1.54) is 11.8 Å². The van der Waals surface area contributed by atoms with Crippen LogP contribution in [-0.2, 0) is 9.59 Å². The van der Waals surface area contributed by atoms with Crippen LogP contribution in [0, 0.1) is 0 Å². The number of carbonyl (C=O) groups excluding carboxylic acids is 2. The highest BCUT2D eigenvalue weighted by molar-refractivity contribution is 8.00. The Morgan fingerprint density at radius 2 is 1.59 bits per heavy atom. The summed E-state index contributed by atoms with van der Waals surface area (Å²) >= 11 is 1.46. The average Bonchev–Trinajstić information content (AvgIpc) is 2.83. The van der Waals surface area contributed by atoms with E-state index in [1.54, 1.807) is 7.11 Å². The van der Waals surface area contributed by atoms with E-state index in [1.807, 2.05) is 78.9 Å². The molecule has 0 aliphatic heterocycles. The number of anilines is 2. The van der Waals surface area contributed by atoms with Crippen LogP contribution in [0.1, 0.15) is 37.0 Å². The lowest BCUT2D eigenvalue weighted by atomic mass is 10.1. The first-order chi connectivity index (χ1) is 15.6. The Kier molecular flexibility index (Phi) is 8.75. The molecule has 3 aromatic carbocycles. The highest BCUT2D eigenvalue weighted by Gasteiger charge is 2.23. The molecule has 3 rings (SSSR count). The first-order valence-electron chi connectivity index (χ1n) is 10.7. The van der Waals surface area contributed by atoms with Crippen LogP contribution < -0.4 is 15.4 Å². The lowest BCUT2D eigenvalue weighted by Crippen LogP contribution is -2.19. The molecule has 32 heavy (non-hydrogen) atoms. The molecule has 0 spiro atoms. The summed E-state index contributed by atoms with van der Waals surface area (Å²) in [5.74, 6) is 0.495. The Morgan fingerprint density at radius 1 is 0.906 bits per heavy atom. The summed E-state index contributed by atoms with van der Waals surface area (Å²) in [7, 11) is 1.58. The molecule has 3 aromatic rings. The first kappa shape index (κ1) is 23.4. The van der Waals surface area contributed by atoms with Gasteiger partial charge in [-0.2, -0.15) is 0 Å². The third kappa shape index (κ3) is 6.62. The van der Waals surface area contributed by atoms with Gasteiger partial charge in [-0.1, -0.05) is 55.8 Å². The number of methoxy groups -OCH3 is 1. The van der Waals surface area contributed by atoms with Crippen LogP contribution in [0.3, 0.4) is 0 Å². The van der Waals surface area contributed by atoms with Crippen molar-refractivity contribution in [1.82, 2.24) is 0 Å². The van der Waals surface area contributed by atoms with Crippen molar-refractivity contribution < 1.29 is 14.3 Å². The molecule has 0 radical (unpaired) electrons. The van der Waals surface area contributed by atoms with Gasteiger partial charge in [-0.15, -0.1) is 11.8 Å². The molecule has 1 atom stereocenters. The van der Waals surface area contributed by atoms with Crippen molar-refractivity contribution in [2.75, 3.05) is 17.7 Å². The van der Waals surface area contributed by atoms with Crippen molar-refractivity contribution in [1.29, 1.82) is 0 Å². The van der Waals surface area contributed by atoms with Crippen LogP contribution in [0.15, 0.2) is 83.8 Å². The molecule has 0 heterocycles. The number of ether oxygens (including phenoxy) is 1. The molecule has 0 saturated heterocycles. The normalized spacial score (nSPS) is 11.4. The van der Waals surface area contributed by atoms with E-state index < -0.39 is 5.25 Å². The van der Waals surface area contributed by atoms with Gasteiger partial charge in [0.15, 0.2) is 0 Å². The number of unbranched alkanes of at least 4 members (excludes halogenated alkanes) is 1. The number of amides is 2. The van der Waals surface area contributed by atoms with Gasteiger partial charge in [0.05, 0.1) is 12.8 Å². The van der Waals surface area contributed by atoms with E-state index in [-0.39, 0.29) is 11.8 Å². The van der Waals surface area contributed by atoms with Crippen molar-refractivity contribution in [3.8, 4) is 5.75 Å². The topological polar surface area (TPSA) is 67.4 Å². The molecule has 0 fully saturated rings. The zero-order valence-corrected chi connectivity index (χ0v) is 19.2. The van der Waals surface area contributed by atoms with Crippen molar-refractivity contribution in [3.05, 3.63) is 84.4 Å². The molecule has 0 aliphatic carbocycles. The van der Waals surface area contributed by atoms with Gasteiger partial charge in [0.25, 0.3) is 0 Å². The zero-order valence-electron chi connectivity index (χ0n) is 18.3. The van der Waals surface area contributed by atoms with E-state index >= 15 is 0 Å². The molecular weight excluding hydrogens is 420 g/mol. The van der Waals surface area contributed by atoms with Crippen LogP contribution in [0.25, 0.3) is 0 Å². The number of thioether (sulfide) groups is 1. The second kappa shape index (κ2) is 12.0. The van der Waals surface area contributed by atoms with Crippen molar-refractivity contribution in [3.63, 3.8) is 0 Å². The standard InChI is InChI=1S/C26H28N2O3S/c1-3-4-14-24(29)27-20-15-17-21(18-16-20)32-25(19-10-6-5-7-11-19)26(30)28-22-12-8-9-13-23(22)31-2/h5-13,15-18,25H,3-4,14H2,1-2H3,(H,27,29)(H,28,30). The maximum atomic E-state index is 13.3. The van der Waals surface area contributed by atoms with Crippen LogP contribution in [0.2, 0.25) is 0 Å². The molecule has 2 amide bonds. The second-order valence-corrected chi connectivity index (χ2v) is 8.45. The van der Waals surface area contributed by atoms with E-state index in [2.05, 4.69) is 17.6 Å². The first-order valence-corrected chi connectivity index (χ1v) is 11.5. The van der Waals surface area contributed by atoms with E-state index in [0.717, 1.165) is 29.0 Å². The van der Waals surface area contributed by atoms with Gasteiger partial charge in [0, 0.05) is 17.0 Å². The summed E-state index contributed by atoms with van der Waals surface area (Å²) < 4.78 is 5.36. The Bertz CT molecular complexity index is 1020. The summed E-state index contributed by atoms with van der Waals surface area (Å²) in [6, 6.07) is 24.6. The Labute approximate surface area is 193 Å². The Hall–Kier alpha value is -3.25. The fraction of sp³-hybridized carbons (Fsp3) is 0.231. The highest BCUT2D eigenvalue weighted by Crippen LogP contribution is 2.37. The summed E-state index contributed by atoms with van der Waals surface area (Å²) in [5.41, 5.74) is 2.29. The molecule has 0 aliphatic rings. The van der Waals surface area contributed by atoms with Crippen LogP contribution >= 0.6 is 11.8 Å². The third-order valence-corrected chi connectivity index (χ3v) is 6.12. The lowest BCUT2D eigenvalue weighted by molar-refractivity contribution is -0.116. The van der Waals surface area contributed by atoms with Crippen molar-refractivity contribution in [2.24, 2.45) is 0 Å². The third-order valence-electron chi connectivity index (χ3n) is 4.85. The average molecular weight is 449 g/mol. The predicted molar refractivity (Wildman–Crippen MR) is 131 cm³/mol. The summed E-state index contributed by atoms with van der Waals surface area (Å²) in [4.78, 5) is 26.1. The van der Waals surface area contributed by atoms with E-state index in [0.29, 0.717) is 17.9 Å². The van der Waals surface area contributed by atoms with Gasteiger partial charge in [-0.05, 0) is 48.4 Å². The molecule has 166 valence electrons. The molecule has 0 aromatic heterocycles. The highest BCUT2D eigenvalue weighted by atomic mass is 32.2. The molecular formula is C26H28N2O3S. The Morgan fingerprint density at radius 3 is 2.28 bits per heavy atom. The maximum absolute atomic E-state index is 13.3. The van der Waals surface area contributed by atoms with Gasteiger partial charge >= 0.3 is 0 Å². The van der Waals surface area contributed by atoms with Crippen LogP contribution in [-0.4, -0.2) is 18.9 Å². The second-order valence-electron chi connectivity index (χ2n) is 7.27. The minimum Gasteiger partial charge on any atom is -0.495 e. The molecule has 5 nitrogen and oxygen atoms in total. The fourth-order valence-electron chi connectivity index (χ4n) is 3.16. The zero-order chi connectivity index (χ0) is 22.8. The van der Waals surface area contributed by atoms with E-state index in [9.17, 15) is 9.59 Å². The van der Waals surface area contributed by atoms with Gasteiger partial charge in [-0.25, -0.2) is 0 Å². The van der Waals surface area contributed by atoms with Crippen molar-refractivity contribution in [2.45, 2.75) is 36.3 Å². The van der Waals surface area contributed by atoms with Gasteiger partial charge in [0.2, 0.25) is 11.8 Å². The van der Waals surface area contributed by atoms with Gasteiger partial charge in [0.1, 0.15) is 11.0 Å². The van der Waals surface area contributed by atoms with Crippen molar-refractivity contribution >= 4 is 35.0 Å². The minimum absolute atomic E-state index is 0.0191. The Balaban J connectivity index is 1.75. The van der Waals surface area contributed by atoms with Gasteiger partial charge < -0.3 is 15.4 Å². The number of para-hydroxylation sites is 2. The fourth-order valence-corrected chi connectivity index (χ4v) is 4.19. The SMILES string of the molecule is CCCCC(=O)Nc1ccc(SC(C(=O)Nc2ccccc2OC)c2ccccc2)cc1. The smallest absolute Gasteiger partial charge is 0.242 e. The molecule has 0 saturated carbocycles. The maximum Gasteiger partial charge on any atom is 0.242 e. The molecule has 0 bridgehead atoms.